The van der Waals surface area contributed by atoms with Crippen molar-refractivity contribution in [3.63, 3.8) is 0 Å². The summed E-state index contributed by atoms with van der Waals surface area (Å²) in [6, 6.07) is 0.880. The molecule has 0 spiro atoms. The van der Waals surface area contributed by atoms with E-state index in [1.165, 1.54) is 0 Å². The number of thioether (sulfide) groups is 1. The molecule has 0 saturated heterocycles. The van der Waals surface area contributed by atoms with Gasteiger partial charge in [0.1, 0.15) is 0 Å². The van der Waals surface area contributed by atoms with Crippen LogP contribution in [-0.4, -0.2) is 34.8 Å². The van der Waals surface area contributed by atoms with Crippen molar-refractivity contribution in [1.29, 1.82) is 0 Å². The molecule has 0 amide bonds. The molecular weight excluding hydrogens is 212 g/mol. The molecule has 0 saturated carbocycles. The van der Waals surface area contributed by atoms with Gasteiger partial charge >= 0.3 is 6.01 Å². The third-order valence-corrected chi connectivity index (χ3v) is 2.75. The molecule has 0 fully saturated rings. The number of aromatic nitrogens is 2. The first-order valence-electron chi connectivity index (χ1n) is 5.08. The molecule has 1 aromatic heterocycles. The third-order valence-electron chi connectivity index (χ3n) is 2.01. The van der Waals surface area contributed by atoms with Crippen LogP contribution in [0.1, 0.15) is 19.2 Å². The summed E-state index contributed by atoms with van der Waals surface area (Å²) in [7, 11) is 0. The Balaban J connectivity index is 2.47. The molecule has 3 N–H and O–H groups in total. The second-order valence-corrected chi connectivity index (χ2v) is 4.16. The summed E-state index contributed by atoms with van der Waals surface area (Å²) < 4.78 is 5.38. The smallest absolute Gasteiger partial charge is 0.315 e. The molecule has 1 unspecified atom stereocenters. The number of anilines is 1. The molecule has 15 heavy (non-hydrogen) atoms. The van der Waals surface area contributed by atoms with E-state index in [0.717, 1.165) is 12.2 Å². The van der Waals surface area contributed by atoms with Gasteiger partial charge in [-0.1, -0.05) is 12.0 Å². The van der Waals surface area contributed by atoms with Gasteiger partial charge in [0.25, 0.3) is 0 Å². The Morgan fingerprint density at radius 1 is 1.53 bits per heavy atom. The van der Waals surface area contributed by atoms with Crippen LogP contribution in [-0.2, 0) is 6.42 Å². The Kier molecular flexibility index (Phi) is 5.49. The number of rotatable bonds is 7. The normalized spacial score (nSPS) is 12.7. The minimum atomic E-state index is 0.381. The molecule has 1 atom stereocenters. The molecule has 86 valence electrons. The monoisotopic (exact) mass is 230 g/mol. The molecule has 0 aliphatic rings. The molecule has 0 aromatic carbocycles. The van der Waals surface area contributed by atoms with Gasteiger partial charge < -0.3 is 15.5 Å². The summed E-state index contributed by atoms with van der Waals surface area (Å²) in [5.41, 5.74) is 5.39. The molecular formula is C9H18N4OS. The number of hydrogen-bond acceptors (Lipinski definition) is 6. The maximum atomic E-state index is 5.39. The Bertz CT molecular complexity index is 279. The average molecular weight is 230 g/mol. The van der Waals surface area contributed by atoms with Gasteiger partial charge in [-0.3, -0.25) is 0 Å². The summed E-state index contributed by atoms with van der Waals surface area (Å²) in [6.45, 7) is 2.66. The van der Waals surface area contributed by atoms with Gasteiger partial charge in [-0.05, 0) is 12.7 Å². The standard InChI is InChI=1S/C9H18N4OS/c1-3-7(6-15-2)11-9-13-12-8(14-9)4-5-10/h7H,3-6,10H2,1-2H3,(H,11,13). The van der Waals surface area contributed by atoms with E-state index in [4.69, 9.17) is 10.2 Å². The van der Waals surface area contributed by atoms with Crippen molar-refractivity contribution < 1.29 is 4.42 Å². The van der Waals surface area contributed by atoms with Crippen molar-refractivity contribution in [2.24, 2.45) is 5.73 Å². The van der Waals surface area contributed by atoms with Crippen molar-refractivity contribution in [1.82, 2.24) is 10.2 Å². The third kappa shape index (κ3) is 4.09. The lowest BCUT2D eigenvalue weighted by atomic mass is 10.3. The summed E-state index contributed by atoms with van der Waals surface area (Å²) in [4.78, 5) is 0. The molecule has 1 rings (SSSR count). The molecule has 1 heterocycles. The van der Waals surface area contributed by atoms with E-state index >= 15 is 0 Å². The maximum Gasteiger partial charge on any atom is 0.315 e. The fourth-order valence-corrected chi connectivity index (χ4v) is 1.90. The Labute approximate surface area is 94.2 Å². The minimum Gasteiger partial charge on any atom is -0.408 e. The van der Waals surface area contributed by atoms with E-state index in [-0.39, 0.29) is 0 Å². The van der Waals surface area contributed by atoms with Gasteiger partial charge in [-0.25, -0.2) is 0 Å². The Morgan fingerprint density at radius 2 is 2.33 bits per heavy atom. The van der Waals surface area contributed by atoms with E-state index < -0.39 is 0 Å². The molecule has 5 nitrogen and oxygen atoms in total. The Hall–Kier alpha value is -0.750. The zero-order valence-corrected chi connectivity index (χ0v) is 10.0. The minimum absolute atomic E-state index is 0.381. The first-order chi connectivity index (χ1) is 7.30. The average Bonchev–Trinajstić information content (AvgIpc) is 2.66. The fraction of sp³-hybridized carbons (Fsp3) is 0.778. The van der Waals surface area contributed by atoms with Gasteiger partial charge in [0.2, 0.25) is 5.89 Å². The highest BCUT2D eigenvalue weighted by Gasteiger charge is 2.10. The van der Waals surface area contributed by atoms with Gasteiger partial charge in [0.05, 0.1) is 0 Å². The highest BCUT2D eigenvalue weighted by molar-refractivity contribution is 7.98. The predicted octanol–water partition coefficient (Wildman–Crippen LogP) is 1.12. The van der Waals surface area contributed by atoms with Crippen molar-refractivity contribution in [3.05, 3.63) is 5.89 Å². The molecule has 0 radical (unpaired) electrons. The summed E-state index contributed by atoms with van der Waals surface area (Å²) in [5, 5.41) is 11.0. The topological polar surface area (TPSA) is 77.0 Å². The first kappa shape index (κ1) is 12.3. The van der Waals surface area contributed by atoms with Gasteiger partial charge in [0.15, 0.2) is 0 Å². The van der Waals surface area contributed by atoms with E-state index in [1.54, 1.807) is 11.8 Å². The maximum absolute atomic E-state index is 5.39. The predicted molar refractivity (Wildman–Crippen MR) is 63.1 cm³/mol. The van der Waals surface area contributed by atoms with Crippen molar-refractivity contribution >= 4 is 17.8 Å². The van der Waals surface area contributed by atoms with Crippen LogP contribution in [0.3, 0.4) is 0 Å². The summed E-state index contributed by atoms with van der Waals surface area (Å²) in [6.07, 6.45) is 3.75. The molecule has 1 aromatic rings. The Morgan fingerprint density at radius 3 is 2.93 bits per heavy atom. The van der Waals surface area contributed by atoms with Crippen molar-refractivity contribution in [2.45, 2.75) is 25.8 Å². The van der Waals surface area contributed by atoms with Gasteiger partial charge in [-0.2, -0.15) is 11.8 Å². The SMILES string of the molecule is CCC(CSC)Nc1nnc(CCN)o1. The zero-order chi connectivity index (χ0) is 11.1. The van der Waals surface area contributed by atoms with Gasteiger partial charge in [0, 0.05) is 24.8 Å². The van der Waals surface area contributed by atoms with Crippen LogP contribution in [0.15, 0.2) is 4.42 Å². The first-order valence-corrected chi connectivity index (χ1v) is 6.47. The van der Waals surface area contributed by atoms with Crippen LogP contribution >= 0.6 is 11.8 Å². The lowest BCUT2D eigenvalue weighted by Gasteiger charge is -2.12. The lowest BCUT2D eigenvalue weighted by Crippen LogP contribution is -2.21. The van der Waals surface area contributed by atoms with Crippen LogP contribution < -0.4 is 11.1 Å². The lowest BCUT2D eigenvalue weighted by molar-refractivity contribution is 0.500. The number of hydrogen-bond donors (Lipinski definition) is 2. The van der Waals surface area contributed by atoms with Crippen molar-refractivity contribution in [3.8, 4) is 0 Å². The fourth-order valence-electron chi connectivity index (χ4n) is 1.17. The number of nitrogens with two attached hydrogens (primary N) is 1. The van der Waals surface area contributed by atoms with Crippen molar-refractivity contribution in [2.75, 3.05) is 23.9 Å². The largest absolute Gasteiger partial charge is 0.408 e. The summed E-state index contributed by atoms with van der Waals surface area (Å²) in [5.74, 6) is 1.63. The van der Waals surface area contributed by atoms with E-state index in [1.807, 2.05) is 0 Å². The van der Waals surface area contributed by atoms with Crippen LogP contribution in [0.2, 0.25) is 0 Å². The van der Waals surface area contributed by atoms with E-state index in [0.29, 0.717) is 30.9 Å². The molecule has 0 bridgehead atoms. The molecule has 0 aliphatic heterocycles. The van der Waals surface area contributed by atoms with Crippen LogP contribution in [0.25, 0.3) is 0 Å². The van der Waals surface area contributed by atoms with Crippen LogP contribution in [0.4, 0.5) is 6.01 Å². The highest BCUT2D eigenvalue weighted by Crippen LogP contribution is 2.11. The zero-order valence-electron chi connectivity index (χ0n) is 9.19. The van der Waals surface area contributed by atoms with Gasteiger partial charge in [-0.15, -0.1) is 5.10 Å². The quantitative estimate of drug-likeness (QED) is 0.731. The highest BCUT2D eigenvalue weighted by atomic mass is 32.2. The summed E-state index contributed by atoms with van der Waals surface area (Å²) >= 11 is 1.80. The van der Waals surface area contributed by atoms with Crippen LogP contribution in [0, 0.1) is 0 Å². The van der Waals surface area contributed by atoms with E-state index in [2.05, 4.69) is 28.7 Å². The molecule has 6 heteroatoms. The van der Waals surface area contributed by atoms with E-state index in [9.17, 15) is 0 Å². The molecule has 0 aliphatic carbocycles. The number of nitrogens with one attached hydrogen (secondary N) is 1. The second kappa shape index (κ2) is 6.68. The second-order valence-electron chi connectivity index (χ2n) is 3.24. The number of nitrogens with zero attached hydrogens (tertiary/aromatic N) is 2. The van der Waals surface area contributed by atoms with Crippen LogP contribution in [0.5, 0.6) is 0 Å².